The summed E-state index contributed by atoms with van der Waals surface area (Å²) >= 11 is 3.31. The zero-order valence-corrected chi connectivity index (χ0v) is 20.9. The fourth-order valence-electron chi connectivity index (χ4n) is 3.34. The van der Waals surface area contributed by atoms with Crippen molar-refractivity contribution in [2.24, 2.45) is 5.10 Å². The van der Waals surface area contributed by atoms with E-state index in [0.29, 0.717) is 44.3 Å². The molecule has 0 unspecified atom stereocenters. The number of hydrogen-bond acceptors (Lipinski definition) is 7. The van der Waals surface area contributed by atoms with E-state index in [9.17, 15) is 13.2 Å². The van der Waals surface area contributed by atoms with E-state index in [4.69, 9.17) is 9.47 Å². The van der Waals surface area contributed by atoms with Gasteiger partial charge < -0.3 is 9.47 Å². The van der Waals surface area contributed by atoms with Gasteiger partial charge in [0.15, 0.2) is 11.5 Å². The second-order valence-electron chi connectivity index (χ2n) is 7.27. The monoisotopic (exact) mass is 538 g/mol. The number of hydrogen-bond donors (Lipinski definition) is 1. The number of carbonyl (C=O) groups excluding carboxylic acids is 1. The molecular formula is C22H27BrN4O5S. The lowest BCUT2D eigenvalue weighted by Crippen LogP contribution is -2.50. The van der Waals surface area contributed by atoms with Gasteiger partial charge in [-0.1, -0.05) is 15.9 Å². The van der Waals surface area contributed by atoms with Gasteiger partial charge in [-0.2, -0.15) is 9.41 Å². The summed E-state index contributed by atoms with van der Waals surface area (Å²) in [6, 6.07) is 11.9. The Morgan fingerprint density at radius 3 is 2.45 bits per heavy atom. The second kappa shape index (κ2) is 11.6. The molecule has 2 aromatic rings. The summed E-state index contributed by atoms with van der Waals surface area (Å²) in [6.45, 7) is 4.12. The highest BCUT2D eigenvalue weighted by Gasteiger charge is 2.28. The molecule has 0 aliphatic carbocycles. The first kappa shape index (κ1) is 25.2. The highest BCUT2D eigenvalue weighted by atomic mass is 79.9. The van der Waals surface area contributed by atoms with E-state index in [-0.39, 0.29) is 17.3 Å². The fraction of sp³-hybridized carbons (Fsp3) is 0.364. The Balaban J connectivity index is 1.48. The molecular weight excluding hydrogens is 512 g/mol. The van der Waals surface area contributed by atoms with Crippen LogP contribution in [0, 0.1) is 0 Å². The van der Waals surface area contributed by atoms with Gasteiger partial charge in [0.25, 0.3) is 5.91 Å². The van der Waals surface area contributed by atoms with Gasteiger partial charge in [-0.3, -0.25) is 9.69 Å². The molecule has 1 heterocycles. The van der Waals surface area contributed by atoms with E-state index in [0.717, 1.165) is 10.0 Å². The van der Waals surface area contributed by atoms with Gasteiger partial charge >= 0.3 is 0 Å². The lowest BCUT2D eigenvalue weighted by molar-refractivity contribution is -0.122. The van der Waals surface area contributed by atoms with Crippen LogP contribution in [0.1, 0.15) is 12.5 Å². The van der Waals surface area contributed by atoms with Crippen molar-refractivity contribution in [2.45, 2.75) is 11.8 Å². The normalized spacial score (nSPS) is 15.5. The molecule has 0 spiro atoms. The summed E-state index contributed by atoms with van der Waals surface area (Å²) in [7, 11) is -1.99. The number of benzene rings is 2. The molecule has 1 saturated heterocycles. The third-order valence-electron chi connectivity index (χ3n) is 5.04. The Bertz CT molecular complexity index is 1080. The molecule has 1 N–H and O–H groups in total. The van der Waals surface area contributed by atoms with Crippen molar-refractivity contribution >= 4 is 38.1 Å². The van der Waals surface area contributed by atoms with Gasteiger partial charge in [0.2, 0.25) is 10.0 Å². The molecule has 0 radical (unpaired) electrons. The Hall–Kier alpha value is -2.47. The predicted octanol–water partition coefficient (Wildman–Crippen LogP) is 2.31. The number of nitrogens with zero attached hydrogens (tertiary/aromatic N) is 3. The van der Waals surface area contributed by atoms with Crippen LogP contribution in [0.25, 0.3) is 0 Å². The molecule has 33 heavy (non-hydrogen) atoms. The molecule has 9 nitrogen and oxygen atoms in total. The average Bonchev–Trinajstić information content (AvgIpc) is 2.80. The molecule has 0 saturated carbocycles. The van der Waals surface area contributed by atoms with Crippen molar-refractivity contribution in [2.75, 3.05) is 46.4 Å². The van der Waals surface area contributed by atoms with Crippen LogP contribution in [0.2, 0.25) is 0 Å². The number of methoxy groups -OCH3 is 1. The van der Waals surface area contributed by atoms with Gasteiger partial charge in [-0.25, -0.2) is 13.8 Å². The first-order valence-corrected chi connectivity index (χ1v) is 12.7. The number of hydrazone groups is 1. The summed E-state index contributed by atoms with van der Waals surface area (Å²) in [5.41, 5.74) is 3.26. The molecule has 0 bridgehead atoms. The van der Waals surface area contributed by atoms with Crippen LogP contribution in [-0.4, -0.2) is 76.2 Å². The van der Waals surface area contributed by atoms with Crippen LogP contribution >= 0.6 is 15.9 Å². The maximum absolute atomic E-state index is 12.8. The maximum Gasteiger partial charge on any atom is 0.254 e. The van der Waals surface area contributed by atoms with Gasteiger partial charge in [0.05, 0.1) is 31.4 Å². The van der Waals surface area contributed by atoms with Crippen molar-refractivity contribution in [1.29, 1.82) is 0 Å². The van der Waals surface area contributed by atoms with E-state index in [1.165, 1.54) is 10.5 Å². The summed E-state index contributed by atoms with van der Waals surface area (Å²) in [6.07, 6.45) is 1.53. The molecule has 3 rings (SSSR count). The van der Waals surface area contributed by atoms with Gasteiger partial charge in [0, 0.05) is 30.7 Å². The largest absolute Gasteiger partial charge is 0.493 e. The zero-order chi connectivity index (χ0) is 23.8. The van der Waals surface area contributed by atoms with Gasteiger partial charge in [-0.15, -0.1) is 0 Å². The average molecular weight is 539 g/mol. The molecule has 1 aliphatic rings. The minimum absolute atomic E-state index is 0.135. The van der Waals surface area contributed by atoms with Crippen molar-refractivity contribution in [3.63, 3.8) is 0 Å². The fourth-order valence-corrected chi connectivity index (χ4v) is 5.03. The number of halogens is 1. The van der Waals surface area contributed by atoms with E-state index < -0.39 is 10.0 Å². The lowest BCUT2D eigenvalue weighted by atomic mass is 10.2. The number of nitrogens with one attached hydrogen (secondary N) is 1. The van der Waals surface area contributed by atoms with Gasteiger partial charge in [0.1, 0.15) is 0 Å². The predicted molar refractivity (Wildman–Crippen MR) is 129 cm³/mol. The van der Waals surface area contributed by atoms with Crippen molar-refractivity contribution in [3.8, 4) is 11.5 Å². The van der Waals surface area contributed by atoms with Crippen LogP contribution in [0.5, 0.6) is 11.5 Å². The second-order valence-corrected chi connectivity index (χ2v) is 10.1. The standard InChI is InChI=1S/C22H27BrN4O5S/c1-3-32-20-9-4-17(14-21(20)31-2)15-24-25-22(28)16-26-10-12-27(13-11-26)33(29,30)19-7-5-18(23)6-8-19/h4-9,14-15H,3,10-13,16H2,1-2H3,(H,25,28). The van der Waals surface area contributed by atoms with Crippen molar-refractivity contribution in [1.82, 2.24) is 14.6 Å². The van der Waals surface area contributed by atoms with E-state index in [2.05, 4.69) is 26.5 Å². The number of amides is 1. The molecule has 1 amide bonds. The summed E-state index contributed by atoms with van der Waals surface area (Å²) < 4.78 is 38.6. The highest BCUT2D eigenvalue weighted by Crippen LogP contribution is 2.27. The van der Waals surface area contributed by atoms with E-state index >= 15 is 0 Å². The molecule has 1 fully saturated rings. The topological polar surface area (TPSA) is 101 Å². The third kappa shape index (κ3) is 6.76. The lowest BCUT2D eigenvalue weighted by Gasteiger charge is -2.33. The van der Waals surface area contributed by atoms with Crippen molar-refractivity contribution < 1.29 is 22.7 Å². The number of sulfonamides is 1. The number of carbonyl (C=O) groups is 1. The van der Waals surface area contributed by atoms with Crippen LogP contribution in [-0.2, 0) is 14.8 Å². The van der Waals surface area contributed by atoms with E-state index in [1.807, 2.05) is 17.9 Å². The first-order valence-electron chi connectivity index (χ1n) is 10.4. The quantitative estimate of drug-likeness (QED) is 0.388. The summed E-state index contributed by atoms with van der Waals surface area (Å²) in [5, 5.41) is 4.00. The molecule has 2 aromatic carbocycles. The highest BCUT2D eigenvalue weighted by molar-refractivity contribution is 9.10. The van der Waals surface area contributed by atoms with Crippen LogP contribution in [0.4, 0.5) is 0 Å². The Morgan fingerprint density at radius 2 is 1.82 bits per heavy atom. The van der Waals surface area contributed by atoms with Crippen LogP contribution in [0.15, 0.2) is 56.9 Å². The molecule has 178 valence electrons. The zero-order valence-electron chi connectivity index (χ0n) is 18.5. The van der Waals surface area contributed by atoms with Gasteiger partial charge in [-0.05, 0) is 55.0 Å². The summed E-state index contributed by atoms with van der Waals surface area (Å²) in [5.74, 6) is 0.957. The minimum atomic E-state index is -3.55. The molecule has 11 heteroatoms. The third-order valence-corrected chi connectivity index (χ3v) is 7.48. The van der Waals surface area contributed by atoms with Crippen LogP contribution in [0.3, 0.4) is 0 Å². The maximum atomic E-state index is 12.8. The smallest absolute Gasteiger partial charge is 0.254 e. The Labute approximate surface area is 202 Å². The Morgan fingerprint density at radius 1 is 1.12 bits per heavy atom. The first-order chi connectivity index (χ1) is 15.8. The SMILES string of the molecule is CCOc1ccc(C=NNC(=O)CN2CCN(S(=O)(=O)c3ccc(Br)cc3)CC2)cc1OC. The minimum Gasteiger partial charge on any atom is -0.493 e. The molecule has 0 aromatic heterocycles. The molecule has 1 aliphatic heterocycles. The Kier molecular flexibility index (Phi) is 8.84. The van der Waals surface area contributed by atoms with E-state index in [1.54, 1.807) is 43.5 Å². The van der Waals surface area contributed by atoms with Crippen LogP contribution < -0.4 is 14.9 Å². The number of ether oxygens (including phenoxy) is 2. The number of rotatable bonds is 9. The molecule has 0 atom stereocenters. The van der Waals surface area contributed by atoms with Crippen molar-refractivity contribution in [3.05, 3.63) is 52.5 Å². The number of piperazine rings is 1. The summed E-state index contributed by atoms with van der Waals surface area (Å²) in [4.78, 5) is 14.4.